The Morgan fingerprint density at radius 2 is 2.32 bits per heavy atom. The van der Waals surface area contributed by atoms with E-state index in [0.717, 1.165) is 57.3 Å². The molecule has 1 aliphatic rings. The zero-order chi connectivity index (χ0) is 17.0. The van der Waals surface area contributed by atoms with Crippen molar-refractivity contribution < 1.29 is 14.2 Å². The van der Waals surface area contributed by atoms with Crippen molar-refractivity contribution in [2.24, 2.45) is 10.9 Å². The fourth-order valence-corrected chi connectivity index (χ4v) is 2.42. The fraction of sp³-hybridized carbons (Fsp3) is 0.647. The number of nitrogens with zero attached hydrogens (tertiary/aromatic N) is 2. The van der Waals surface area contributed by atoms with Crippen LogP contribution in [0.25, 0.3) is 0 Å². The standard InChI is InChI=1S/C17H28N4O3.HI/c1-18-17(21-11-14-4-7-19-16(10-14)22-2)20-6-3-8-23-12-15-5-9-24-13-15;/h4,7,10,15H,3,5-6,8-9,11-13H2,1-2H3,(H2,18,20,21);1H. The summed E-state index contributed by atoms with van der Waals surface area (Å²) in [5.41, 5.74) is 1.09. The van der Waals surface area contributed by atoms with Crippen molar-refractivity contribution in [1.82, 2.24) is 15.6 Å². The maximum atomic E-state index is 5.69. The Morgan fingerprint density at radius 1 is 1.44 bits per heavy atom. The molecule has 1 unspecified atom stereocenters. The Kier molecular flexibility index (Phi) is 11.5. The highest BCUT2D eigenvalue weighted by Crippen LogP contribution is 2.12. The molecule has 0 radical (unpaired) electrons. The van der Waals surface area contributed by atoms with Gasteiger partial charge in [0, 0.05) is 51.5 Å². The number of aliphatic imine (C=N–C) groups is 1. The van der Waals surface area contributed by atoms with Gasteiger partial charge in [0.25, 0.3) is 0 Å². The van der Waals surface area contributed by atoms with Crippen LogP contribution in [0.15, 0.2) is 23.3 Å². The molecule has 0 aromatic carbocycles. The SMILES string of the molecule is CN=C(NCCCOCC1CCOC1)NCc1ccnc(OC)c1.I. The molecule has 2 heterocycles. The monoisotopic (exact) mass is 464 g/mol. The molecule has 0 aliphatic carbocycles. The highest BCUT2D eigenvalue weighted by molar-refractivity contribution is 14.0. The number of rotatable bonds is 9. The van der Waals surface area contributed by atoms with Gasteiger partial charge in [-0.1, -0.05) is 0 Å². The van der Waals surface area contributed by atoms with E-state index in [2.05, 4.69) is 20.6 Å². The van der Waals surface area contributed by atoms with Crippen LogP contribution in [0.4, 0.5) is 0 Å². The summed E-state index contributed by atoms with van der Waals surface area (Å²) >= 11 is 0. The van der Waals surface area contributed by atoms with Crippen molar-refractivity contribution in [2.75, 3.05) is 47.1 Å². The van der Waals surface area contributed by atoms with E-state index in [1.54, 1.807) is 20.4 Å². The predicted molar refractivity (Wildman–Crippen MR) is 109 cm³/mol. The van der Waals surface area contributed by atoms with Crippen LogP contribution >= 0.6 is 24.0 Å². The van der Waals surface area contributed by atoms with Crippen LogP contribution in [0.5, 0.6) is 5.88 Å². The Balaban J connectivity index is 0.00000312. The summed E-state index contributed by atoms with van der Waals surface area (Å²) in [5.74, 6) is 1.96. The number of hydrogen-bond acceptors (Lipinski definition) is 5. The average Bonchev–Trinajstić information content (AvgIpc) is 3.14. The van der Waals surface area contributed by atoms with Crippen molar-refractivity contribution in [3.8, 4) is 5.88 Å². The van der Waals surface area contributed by atoms with Crippen LogP contribution < -0.4 is 15.4 Å². The molecular formula is C17H29IN4O3. The molecule has 8 heteroatoms. The lowest BCUT2D eigenvalue weighted by Gasteiger charge is -2.13. The van der Waals surface area contributed by atoms with Gasteiger partial charge in [-0.25, -0.2) is 4.98 Å². The second-order valence-corrected chi connectivity index (χ2v) is 5.72. The molecule has 0 spiro atoms. The maximum Gasteiger partial charge on any atom is 0.213 e. The molecule has 142 valence electrons. The number of ether oxygens (including phenoxy) is 3. The van der Waals surface area contributed by atoms with Crippen LogP contribution in [-0.2, 0) is 16.0 Å². The van der Waals surface area contributed by atoms with Gasteiger partial charge in [0.2, 0.25) is 5.88 Å². The van der Waals surface area contributed by atoms with E-state index in [1.165, 1.54) is 0 Å². The average molecular weight is 464 g/mol. The number of halogens is 1. The number of methoxy groups -OCH3 is 1. The molecule has 7 nitrogen and oxygen atoms in total. The van der Waals surface area contributed by atoms with E-state index in [0.29, 0.717) is 18.3 Å². The van der Waals surface area contributed by atoms with Gasteiger partial charge in [-0.15, -0.1) is 24.0 Å². The normalized spacial score (nSPS) is 17.0. The summed E-state index contributed by atoms with van der Waals surface area (Å²) < 4.78 is 16.1. The topological polar surface area (TPSA) is 77.0 Å². The highest BCUT2D eigenvalue weighted by atomic mass is 127. The second-order valence-electron chi connectivity index (χ2n) is 5.72. The molecule has 0 amide bonds. The fourth-order valence-electron chi connectivity index (χ4n) is 2.42. The van der Waals surface area contributed by atoms with Gasteiger partial charge in [0.15, 0.2) is 5.96 Å². The molecule has 1 fully saturated rings. The van der Waals surface area contributed by atoms with Gasteiger partial charge in [0.05, 0.1) is 20.3 Å². The quantitative estimate of drug-likeness (QED) is 0.251. The first-order valence-electron chi connectivity index (χ1n) is 8.40. The zero-order valence-electron chi connectivity index (χ0n) is 15.0. The molecular weight excluding hydrogens is 435 g/mol. The van der Waals surface area contributed by atoms with Crippen LogP contribution in [-0.4, -0.2) is 58.1 Å². The van der Waals surface area contributed by atoms with Crippen LogP contribution in [0, 0.1) is 5.92 Å². The Hall–Kier alpha value is -1.13. The third-order valence-electron chi connectivity index (χ3n) is 3.83. The first kappa shape index (κ1) is 21.9. The van der Waals surface area contributed by atoms with Crippen LogP contribution in [0.1, 0.15) is 18.4 Å². The summed E-state index contributed by atoms with van der Waals surface area (Å²) in [4.78, 5) is 8.31. The largest absolute Gasteiger partial charge is 0.481 e. The summed E-state index contributed by atoms with van der Waals surface area (Å²) in [6.45, 7) is 4.76. The lowest BCUT2D eigenvalue weighted by Crippen LogP contribution is -2.37. The number of nitrogens with one attached hydrogen (secondary N) is 2. The van der Waals surface area contributed by atoms with E-state index in [-0.39, 0.29) is 24.0 Å². The molecule has 2 rings (SSSR count). The summed E-state index contributed by atoms with van der Waals surface area (Å²) in [6.07, 6.45) is 3.80. The van der Waals surface area contributed by atoms with Crippen molar-refractivity contribution >= 4 is 29.9 Å². The van der Waals surface area contributed by atoms with E-state index in [9.17, 15) is 0 Å². The maximum absolute atomic E-state index is 5.69. The van der Waals surface area contributed by atoms with Crippen molar-refractivity contribution in [2.45, 2.75) is 19.4 Å². The Bertz CT molecular complexity index is 510. The smallest absolute Gasteiger partial charge is 0.213 e. The van der Waals surface area contributed by atoms with Crippen LogP contribution in [0.2, 0.25) is 0 Å². The molecule has 1 aromatic rings. The second kappa shape index (κ2) is 13.1. The summed E-state index contributed by atoms with van der Waals surface area (Å²) in [6, 6.07) is 3.85. The van der Waals surface area contributed by atoms with Crippen molar-refractivity contribution in [3.63, 3.8) is 0 Å². The molecule has 1 atom stereocenters. The lowest BCUT2D eigenvalue weighted by atomic mass is 10.1. The minimum Gasteiger partial charge on any atom is -0.481 e. The molecule has 1 saturated heterocycles. The number of hydrogen-bond donors (Lipinski definition) is 2. The Labute approximate surface area is 167 Å². The third kappa shape index (κ3) is 8.68. The molecule has 25 heavy (non-hydrogen) atoms. The van der Waals surface area contributed by atoms with Gasteiger partial charge in [0.1, 0.15) is 0 Å². The van der Waals surface area contributed by atoms with E-state index in [1.807, 2.05) is 12.1 Å². The highest BCUT2D eigenvalue weighted by Gasteiger charge is 2.15. The van der Waals surface area contributed by atoms with Crippen LogP contribution in [0.3, 0.4) is 0 Å². The molecule has 1 aromatic heterocycles. The zero-order valence-corrected chi connectivity index (χ0v) is 17.3. The van der Waals surface area contributed by atoms with E-state index < -0.39 is 0 Å². The molecule has 0 saturated carbocycles. The van der Waals surface area contributed by atoms with E-state index in [4.69, 9.17) is 14.2 Å². The van der Waals surface area contributed by atoms with Gasteiger partial charge in [-0.05, 0) is 24.5 Å². The van der Waals surface area contributed by atoms with Crippen molar-refractivity contribution in [1.29, 1.82) is 0 Å². The van der Waals surface area contributed by atoms with Crippen molar-refractivity contribution in [3.05, 3.63) is 23.9 Å². The van der Waals surface area contributed by atoms with E-state index >= 15 is 0 Å². The minimum atomic E-state index is 0. The molecule has 1 aliphatic heterocycles. The van der Waals surface area contributed by atoms with Gasteiger partial charge in [-0.2, -0.15) is 0 Å². The number of aromatic nitrogens is 1. The predicted octanol–water partition coefficient (Wildman–Crippen LogP) is 1.82. The van der Waals surface area contributed by atoms with Gasteiger partial charge < -0.3 is 24.8 Å². The third-order valence-corrected chi connectivity index (χ3v) is 3.83. The number of pyridine rings is 1. The summed E-state index contributed by atoms with van der Waals surface area (Å²) in [7, 11) is 3.38. The molecule has 2 N–H and O–H groups in total. The Morgan fingerprint density at radius 3 is 3.04 bits per heavy atom. The molecule has 0 bridgehead atoms. The first-order valence-corrected chi connectivity index (χ1v) is 8.40. The number of guanidine groups is 1. The van der Waals surface area contributed by atoms with Gasteiger partial charge in [-0.3, -0.25) is 4.99 Å². The van der Waals surface area contributed by atoms with Gasteiger partial charge >= 0.3 is 0 Å². The lowest BCUT2D eigenvalue weighted by molar-refractivity contribution is 0.0888. The minimum absolute atomic E-state index is 0. The first-order chi connectivity index (χ1) is 11.8. The summed E-state index contributed by atoms with van der Waals surface area (Å²) in [5, 5.41) is 6.55.